The van der Waals surface area contributed by atoms with Crippen molar-refractivity contribution in [3.05, 3.63) is 53.6 Å². The Labute approximate surface area is 119 Å². The smallest absolute Gasteiger partial charge is 0.406 e. The first kappa shape index (κ1) is 14.6. The molecule has 3 nitrogen and oxygen atoms in total. The van der Waals surface area contributed by atoms with E-state index in [2.05, 4.69) is 16.6 Å². The molecule has 0 saturated carbocycles. The molecule has 0 aliphatic rings. The van der Waals surface area contributed by atoms with Crippen LogP contribution >= 0.6 is 0 Å². The molecule has 0 unspecified atom stereocenters. The van der Waals surface area contributed by atoms with E-state index in [-0.39, 0.29) is 5.75 Å². The normalized spacial score (nSPS) is 10.6. The van der Waals surface area contributed by atoms with Crippen LogP contribution in [0.5, 0.6) is 5.75 Å². The lowest BCUT2D eigenvalue weighted by Crippen LogP contribution is -2.16. The Morgan fingerprint density at radius 2 is 1.38 bits per heavy atom. The molecule has 2 aromatic carbocycles. The van der Waals surface area contributed by atoms with Crippen molar-refractivity contribution in [1.29, 1.82) is 0 Å². The van der Waals surface area contributed by atoms with Crippen molar-refractivity contribution in [3.63, 3.8) is 0 Å². The van der Waals surface area contributed by atoms with Gasteiger partial charge in [-0.05, 0) is 42.5 Å². The monoisotopic (exact) mass is 292 g/mol. The van der Waals surface area contributed by atoms with Crippen LogP contribution < -0.4 is 16.2 Å². The summed E-state index contributed by atoms with van der Waals surface area (Å²) in [6.45, 7) is 0. The summed E-state index contributed by atoms with van der Waals surface area (Å²) in [6.07, 6.45) is -4.70. The number of anilines is 2. The van der Waals surface area contributed by atoms with Gasteiger partial charge in [0.25, 0.3) is 0 Å². The van der Waals surface area contributed by atoms with E-state index in [0.29, 0.717) is 22.5 Å². The van der Waals surface area contributed by atoms with Crippen LogP contribution in [-0.4, -0.2) is 6.36 Å². The number of benzene rings is 2. The van der Waals surface area contributed by atoms with Gasteiger partial charge in [0.1, 0.15) is 5.75 Å². The molecule has 4 N–H and O–H groups in total. The number of alkyl halides is 3. The van der Waals surface area contributed by atoms with E-state index in [9.17, 15) is 13.2 Å². The Balaban J connectivity index is 2.14. The molecule has 0 saturated heterocycles. The predicted octanol–water partition coefficient (Wildman–Crippen LogP) is 3.15. The first-order chi connectivity index (χ1) is 9.83. The van der Waals surface area contributed by atoms with E-state index >= 15 is 0 Å². The summed E-state index contributed by atoms with van der Waals surface area (Å²) in [6, 6.07) is 10.3. The molecule has 21 heavy (non-hydrogen) atoms. The molecular weight excluding hydrogens is 281 g/mol. The van der Waals surface area contributed by atoms with Gasteiger partial charge >= 0.3 is 6.36 Å². The van der Waals surface area contributed by atoms with E-state index in [1.54, 1.807) is 18.2 Å². The molecule has 0 spiro atoms. The van der Waals surface area contributed by atoms with Gasteiger partial charge in [-0.3, -0.25) is 0 Å². The van der Waals surface area contributed by atoms with Crippen LogP contribution in [0.2, 0.25) is 0 Å². The second-order valence-corrected chi connectivity index (χ2v) is 4.17. The van der Waals surface area contributed by atoms with E-state index in [1.165, 1.54) is 24.3 Å². The minimum atomic E-state index is -4.70. The summed E-state index contributed by atoms with van der Waals surface area (Å²) < 4.78 is 39.8. The quantitative estimate of drug-likeness (QED) is 0.627. The molecule has 0 bridgehead atoms. The SMILES string of the molecule is Nc1ccc(C#Cc2ccc(OC(F)(F)F)cc2)cc1N. The molecule has 108 valence electrons. The first-order valence-electron chi connectivity index (χ1n) is 5.86. The number of nitrogens with two attached hydrogens (primary N) is 2. The minimum absolute atomic E-state index is 0.287. The van der Waals surface area contributed by atoms with E-state index in [4.69, 9.17) is 11.5 Å². The third-order valence-electron chi connectivity index (χ3n) is 2.53. The largest absolute Gasteiger partial charge is 0.573 e. The van der Waals surface area contributed by atoms with E-state index < -0.39 is 6.36 Å². The third kappa shape index (κ3) is 4.35. The Morgan fingerprint density at radius 1 is 0.810 bits per heavy atom. The molecule has 6 heteroatoms. The average Bonchev–Trinajstić information content (AvgIpc) is 2.40. The Morgan fingerprint density at radius 3 is 1.95 bits per heavy atom. The van der Waals surface area contributed by atoms with Gasteiger partial charge in [0, 0.05) is 11.1 Å². The number of ether oxygens (including phenoxy) is 1. The molecule has 0 amide bonds. The Hall–Kier alpha value is -2.81. The van der Waals surface area contributed by atoms with Crippen molar-refractivity contribution < 1.29 is 17.9 Å². The van der Waals surface area contributed by atoms with Gasteiger partial charge in [-0.2, -0.15) is 0 Å². The lowest BCUT2D eigenvalue weighted by atomic mass is 10.1. The zero-order valence-corrected chi connectivity index (χ0v) is 10.7. The van der Waals surface area contributed by atoms with E-state index in [1.807, 2.05) is 0 Å². The third-order valence-corrected chi connectivity index (χ3v) is 2.53. The highest BCUT2D eigenvalue weighted by molar-refractivity contribution is 5.66. The van der Waals surface area contributed by atoms with Crippen molar-refractivity contribution in [2.75, 3.05) is 11.5 Å². The minimum Gasteiger partial charge on any atom is -0.406 e. The van der Waals surface area contributed by atoms with Gasteiger partial charge < -0.3 is 16.2 Å². The van der Waals surface area contributed by atoms with Gasteiger partial charge in [0.2, 0.25) is 0 Å². The molecule has 0 aliphatic heterocycles. The zero-order valence-electron chi connectivity index (χ0n) is 10.7. The maximum absolute atomic E-state index is 12.0. The van der Waals surface area contributed by atoms with Crippen LogP contribution in [-0.2, 0) is 0 Å². The topological polar surface area (TPSA) is 61.3 Å². The highest BCUT2D eigenvalue weighted by atomic mass is 19.4. The second-order valence-electron chi connectivity index (χ2n) is 4.17. The van der Waals surface area contributed by atoms with Gasteiger partial charge in [0.05, 0.1) is 11.4 Å². The standard InChI is InChI=1S/C15H11F3N2O/c16-15(17,18)21-12-6-3-10(4-7-12)1-2-11-5-8-13(19)14(20)9-11/h3-9H,19-20H2. The first-order valence-corrected chi connectivity index (χ1v) is 5.86. The van der Waals surface area contributed by atoms with Gasteiger partial charge in [-0.1, -0.05) is 11.8 Å². The number of hydrogen-bond acceptors (Lipinski definition) is 3. The van der Waals surface area contributed by atoms with Gasteiger partial charge in [-0.25, -0.2) is 0 Å². The fraction of sp³-hybridized carbons (Fsp3) is 0.0667. The van der Waals surface area contributed by atoms with Crippen molar-refractivity contribution >= 4 is 11.4 Å². The molecule has 2 aromatic rings. The van der Waals surface area contributed by atoms with Gasteiger partial charge in [0.15, 0.2) is 0 Å². The van der Waals surface area contributed by atoms with Crippen molar-refractivity contribution in [2.24, 2.45) is 0 Å². The van der Waals surface area contributed by atoms with E-state index in [0.717, 1.165) is 0 Å². The van der Waals surface area contributed by atoms with Crippen LogP contribution in [0.15, 0.2) is 42.5 Å². The van der Waals surface area contributed by atoms with Gasteiger partial charge in [-0.15, -0.1) is 13.2 Å². The predicted molar refractivity (Wildman–Crippen MR) is 74.4 cm³/mol. The fourth-order valence-electron chi connectivity index (χ4n) is 1.54. The molecule has 0 fully saturated rings. The van der Waals surface area contributed by atoms with Crippen molar-refractivity contribution in [3.8, 4) is 17.6 Å². The fourth-order valence-corrected chi connectivity index (χ4v) is 1.54. The maximum atomic E-state index is 12.0. The lowest BCUT2D eigenvalue weighted by Gasteiger charge is -2.07. The highest BCUT2D eigenvalue weighted by Crippen LogP contribution is 2.22. The number of rotatable bonds is 1. The van der Waals surface area contributed by atoms with Crippen LogP contribution in [0, 0.1) is 11.8 Å². The molecule has 0 aliphatic carbocycles. The summed E-state index contributed by atoms with van der Waals surface area (Å²) >= 11 is 0. The molecule has 0 aromatic heterocycles. The zero-order chi connectivity index (χ0) is 15.5. The van der Waals surface area contributed by atoms with Crippen molar-refractivity contribution in [1.82, 2.24) is 0 Å². The van der Waals surface area contributed by atoms with Crippen LogP contribution in [0.4, 0.5) is 24.5 Å². The number of halogens is 3. The summed E-state index contributed by atoms with van der Waals surface area (Å²) in [5.41, 5.74) is 13.3. The van der Waals surface area contributed by atoms with Crippen LogP contribution in [0.25, 0.3) is 0 Å². The van der Waals surface area contributed by atoms with Crippen LogP contribution in [0.3, 0.4) is 0 Å². The maximum Gasteiger partial charge on any atom is 0.573 e. The second kappa shape index (κ2) is 5.67. The van der Waals surface area contributed by atoms with Crippen LogP contribution in [0.1, 0.15) is 11.1 Å². The molecule has 0 atom stereocenters. The number of hydrogen-bond donors (Lipinski definition) is 2. The molecular formula is C15H11F3N2O. The highest BCUT2D eigenvalue weighted by Gasteiger charge is 2.30. The summed E-state index contributed by atoms with van der Waals surface area (Å²) in [7, 11) is 0. The summed E-state index contributed by atoms with van der Waals surface area (Å²) in [4.78, 5) is 0. The summed E-state index contributed by atoms with van der Waals surface area (Å²) in [5, 5.41) is 0. The molecule has 0 heterocycles. The number of nitrogen functional groups attached to an aromatic ring is 2. The Bertz CT molecular complexity index is 698. The molecule has 0 radical (unpaired) electrons. The summed E-state index contributed by atoms with van der Waals surface area (Å²) in [5.74, 6) is 5.38. The Kier molecular flexibility index (Phi) is 3.94. The van der Waals surface area contributed by atoms with Crippen molar-refractivity contribution in [2.45, 2.75) is 6.36 Å². The molecule has 2 rings (SSSR count). The lowest BCUT2D eigenvalue weighted by molar-refractivity contribution is -0.274. The average molecular weight is 292 g/mol.